The Hall–Kier alpha value is -2.07. The fourth-order valence-corrected chi connectivity index (χ4v) is 2.37. The second kappa shape index (κ2) is 6.36. The van der Waals surface area contributed by atoms with Crippen molar-refractivity contribution in [3.05, 3.63) is 42.0 Å². The molecule has 0 spiro atoms. The summed E-state index contributed by atoms with van der Waals surface area (Å²) in [5.74, 6) is 0.616. The zero-order chi connectivity index (χ0) is 16.3. The topological polar surface area (TPSA) is 64.3 Å². The lowest BCUT2D eigenvalue weighted by molar-refractivity contribution is -0.124. The average Bonchev–Trinajstić information content (AvgIpc) is 2.50. The standard InChI is InChI=1S/C18H24N2O2/c1-18(2,3)16(19)17(21)20-11-14-13-8-6-5-7-12(13)9-10-15(14)22-4/h5-10,16H,11,19H2,1-4H3,(H,20,21)/t16-/m1/s1. The number of methoxy groups -OCH3 is 1. The summed E-state index contributed by atoms with van der Waals surface area (Å²) in [5.41, 5.74) is 6.70. The monoisotopic (exact) mass is 300 g/mol. The summed E-state index contributed by atoms with van der Waals surface area (Å²) in [6, 6.07) is 11.4. The summed E-state index contributed by atoms with van der Waals surface area (Å²) < 4.78 is 5.43. The van der Waals surface area contributed by atoms with Gasteiger partial charge < -0.3 is 15.8 Å². The maximum atomic E-state index is 12.2. The number of amides is 1. The van der Waals surface area contributed by atoms with Crippen LogP contribution in [0.5, 0.6) is 5.75 Å². The number of carbonyl (C=O) groups is 1. The molecule has 0 saturated carbocycles. The zero-order valence-corrected chi connectivity index (χ0v) is 13.6. The number of hydrogen-bond donors (Lipinski definition) is 2. The van der Waals surface area contributed by atoms with Crippen LogP contribution in [-0.4, -0.2) is 19.1 Å². The largest absolute Gasteiger partial charge is 0.496 e. The van der Waals surface area contributed by atoms with E-state index in [0.717, 1.165) is 22.1 Å². The van der Waals surface area contributed by atoms with Crippen molar-refractivity contribution in [1.82, 2.24) is 5.32 Å². The van der Waals surface area contributed by atoms with Crippen molar-refractivity contribution in [3.8, 4) is 5.75 Å². The number of fused-ring (bicyclic) bond motifs is 1. The van der Waals surface area contributed by atoms with E-state index in [2.05, 4.69) is 5.32 Å². The highest BCUT2D eigenvalue weighted by Gasteiger charge is 2.27. The van der Waals surface area contributed by atoms with E-state index >= 15 is 0 Å². The minimum Gasteiger partial charge on any atom is -0.496 e. The zero-order valence-electron chi connectivity index (χ0n) is 13.6. The second-order valence-electron chi connectivity index (χ2n) is 6.53. The van der Waals surface area contributed by atoms with Gasteiger partial charge in [0.25, 0.3) is 0 Å². The van der Waals surface area contributed by atoms with E-state index in [4.69, 9.17) is 10.5 Å². The molecular weight excluding hydrogens is 276 g/mol. The highest BCUT2D eigenvalue weighted by atomic mass is 16.5. The first kappa shape index (κ1) is 16.3. The lowest BCUT2D eigenvalue weighted by Crippen LogP contribution is -2.48. The molecule has 4 heteroatoms. The normalized spacial score (nSPS) is 13.0. The van der Waals surface area contributed by atoms with E-state index in [9.17, 15) is 4.79 Å². The van der Waals surface area contributed by atoms with E-state index < -0.39 is 6.04 Å². The number of rotatable bonds is 4. The molecule has 1 atom stereocenters. The number of nitrogens with one attached hydrogen (secondary N) is 1. The molecule has 4 nitrogen and oxygen atoms in total. The lowest BCUT2D eigenvalue weighted by Gasteiger charge is -2.26. The SMILES string of the molecule is COc1ccc2ccccc2c1CNC(=O)[C@@H](N)C(C)(C)C. The summed E-state index contributed by atoms with van der Waals surface area (Å²) in [6.07, 6.45) is 0. The van der Waals surface area contributed by atoms with Gasteiger partial charge in [0.15, 0.2) is 0 Å². The van der Waals surface area contributed by atoms with Crippen LogP contribution in [0.4, 0.5) is 0 Å². The minimum absolute atomic E-state index is 0.150. The van der Waals surface area contributed by atoms with Crippen LogP contribution in [0, 0.1) is 5.41 Å². The molecule has 0 radical (unpaired) electrons. The number of carbonyl (C=O) groups excluding carboxylic acids is 1. The van der Waals surface area contributed by atoms with Crippen LogP contribution in [0.3, 0.4) is 0 Å². The van der Waals surface area contributed by atoms with Crippen LogP contribution in [0.15, 0.2) is 36.4 Å². The molecule has 3 N–H and O–H groups in total. The second-order valence-corrected chi connectivity index (χ2v) is 6.53. The lowest BCUT2D eigenvalue weighted by atomic mass is 9.87. The molecule has 1 amide bonds. The van der Waals surface area contributed by atoms with E-state index in [0.29, 0.717) is 6.54 Å². The Morgan fingerprint density at radius 3 is 2.55 bits per heavy atom. The van der Waals surface area contributed by atoms with Crippen molar-refractivity contribution in [1.29, 1.82) is 0 Å². The molecule has 2 rings (SSSR count). The first-order valence-electron chi connectivity index (χ1n) is 7.42. The first-order valence-corrected chi connectivity index (χ1v) is 7.42. The third-order valence-corrected chi connectivity index (χ3v) is 3.87. The van der Waals surface area contributed by atoms with Crippen LogP contribution < -0.4 is 15.8 Å². The number of nitrogens with two attached hydrogens (primary N) is 1. The van der Waals surface area contributed by atoms with Gasteiger partial charge in [-0.3, -0.25) is 4.79 Å². The Labute approximate surface area is 131 Å². The maximum Gasteiger partial charge on any atom is 0.237 e. The van der Waals surface area contributed by atoms with Gasteiger partial charge in [0.1, 0.15) is 5.75 Å². The van der Waals surface area contributed by atoms with Gasteiger partial charge in [-0.25, -0.2) is 0 Å². The Balaban J connectivity index is 2.26. The molecule has 0 aliphatic rings. The van der Waals surface area contributed by atoms with Crippen molar-refractivity contribution in [2.45, 2.75) is 33.4 Å². The Kier molecular flexibility index (Phi) is 4.71. The molecule has 2 aromatic carbocycles. The third-order valence-electron chi connectivity index (χ3n) is 3.87. The van der Waals surface area contributed by atoms with Crippen LogP contribution >= 0.6 is 0 Å². The third kappa shape index (κ3) is 3.39. The van der Waals surface area contributed by atoms with Crippen LogP contribution in [0.25, 0.3) is 10.8 Å². The molecule has 22 heavy (non-hydrogen) atoms. The first-order chi connectivity index (χ1) is 10.3. The van der Waals surface area contributed by atoms with Crippen LogP contribution in [-0.2, 0) is 11.3 Å². The fourth-order valence-electron chi connectivity index (χ4n) is 2.37. The fraction of sp³-hybridized carbons (Fsp3) is 0.389. The number of ether oxygens (including phenoxy) is 1. The van der Waals surface area contributed by atoms with Crippen LogP contribution in [0.1, 0.15) is 26.3 Å². The maximum absolute atomic E-state index is 12.2. The summed E-state index contributed by atoms with van der Waals surface area (Å²) in [4.78, 5) is 12.2. The minimum atomic E-state index is -0.548. The molecule has 0 aliphatic carbocycles. The molecule has 2 aromatic rings. The average molecular weight is 300 g/mol. The summed E-state index contributed by atoms with van der Waals surface area (Å²) in [7, 11) is 1.64. The summed E-state index contributed by atoms with van der Waals surface area (Å²) >= 11 is 0. The van der Waals surface area contributed by atoms with Gasteiger partial charge in [-0.15, -0.1) is 0 Å². The van der Waals surface area contributed by atoms with E-state index in [-0.39, 0.29) is 11.3 Å². The van der Waals surface area contributed by atoms with Crippen molar-refractivity contribution in [3.63, 3.8) is 0 Å². The summed E-state index contributed by atoms with van der Waals surface area (Å²) in [5, 5.41) is 5.12. The highest BCUT2D eigenvalue weighted by molar-refractivity contribution is 5.88. The van der Waals surface area contributed by atoms with E-state index in [1.165, 1.54) is 0 Å². The molecule has 0 saturated heterocycles. The van der Waals surface area contributed by atoms with Gasteiger partial charge in [-0.2, -0.15) is 0 Å². The Bertz CT molecular complexity index is 674. The van der Waals surface area contributed by atoms with Crippen molar-refractivity contribution >= 4 is 16.7 Å². The molecule has 0 aromatic heterocycles. The Morgan fingerprint density at radius 2 is 1.91 bits per heavy atom. The molecule has 0 aliphatic heterocycles. The van der Waals surface area contributed by atoms with Gasteiger partial charge in [-0.1, -0.05) is 51.1 Å². The van der Waals surface area contributed by atoms with Crippen molar-refractivity contribution < 1.29 is 9.53 Å². The van der Waals surface area contributed by atoms with Gasteiger partial charge in [0, 0.05) is 12.1 Å². The quantitative estimate of drug-likeness (QED) is 0.912. The van der Waals surface area contributed by atoms with Crippen LogP contribution in [0.2, 0.25) is 0 Å². The molecule has 118 valence electrons. The van der Waals surface area contributed by atoms with Gasteiger partial charge >= 0.3 is 0 Å². The number of hydrogen-bond acceptors (Lipinski definition) is 3. The smallest absolute Gasteiger partial charge is 0.237 e. The molecular formula is C18H24N2O2. The van der Waals surface area contributed by atoms with Gasteiger partial charge in [0.2, 0.25) is 5.91 Å². The molecule has 0 unspecified atom stereocenters. The molecule has 0 heterocycles. The number of benzene rings is 2. The Morgan fingerprint density at radius 1 is 1.23 bits per heavy atom. The predicted octanol–water partition coefficient (Wildman–Crippen LogP) is 2.84. The van der Waals surface area contributed by atoms with Gasteiger partial charge in [0.05, 0.1) is 13.2 Å². The van der Waals surface area contributed by atoms with Gasteiger partial charge in [-0.05, 0) is 22.3 Å². The highest BCUT2D eigenvalue weighted by Crippen LogP contribution is 2.28. The van der Waals surface area contributed by atoms with Crippen molar-refractivity contribution in [2.24, 2.45) is 11.1 Å². The predicted molar refractivity (Wildman–Crippen MR) is 89.8 cm³/mol. The van der Waals surface area contributed by atoms with E-state index in [1.54, 1.807) is 7.11 Å². The molecule has 0 bridgehead atoms. The van der Waals surface area contributed by atoms with E-state index in [1.807, 2.05) is 57.2 Å². The summed E-state index contributed by atoms with van der Waals surface area (Å²) in [6.45, 7) is 6.26. The molecule has 0 fully saturated rings. The van der Waals surface area contributed by atoms with Crippen molar-refractivity contribution in [2.75, 3.05) is 7.11 Å².